The Bertz CT molecular complexity index is 313. The fourth-order valence-electron chi connectivity index (χ4n) is 1.62. The van der Waals surface area contributed by atoms with E-state index in [0.717, 1.165) is 18.5 Å². The third-order valence-corrected chi connectivity index (χ3v) is 2.45. The van der Waals surface area contributed by atoms with Gasteiger partial charge in [0, 0.05) is 13.1 Å². The van der Waals surface area contributed by atoms with Crippen LogP contribution in [0.3, 0.4) is 0 Å². The number of nitrogens with zero attached hydrogens (tertiary/aromatic N) is 1. The van der Waals surface area contributed by atoms with Crippen molar-refractivity contribution in [2.45, 2.75) is 19.3 Å². The minimum Gasteiger partial charge on any atom is -0.481 e. The van der Waals surface area contributed by atoms with Gasteiger partial charge in [0.25, 0.3) is 0 Å². The van der Waals surface area contributed by atoms with Gasteiger partial charge in [-0.3, -0.25) is 9.59 Å². The highest BCUT2D eigenvalue weighted by molar-refractivity contribution is 5.70. The number of carboxylic acids is 2. The van der Waals surface area contributed by atoms with E-state index in [2.05, 4.69) is 0 Å². The van der Waals surface area contributed by atoms with Gasteiger partial charge in [-0.15, -0.1) is 0 Å². The van der Waals surface area contributed by atoms with E-state index >= 15 is 0 Å². The van der Waals surface area contributed by atoms with Gasteiger partial charge in [0.2, 0.25) is 0 Å². The molecular formula is C11H17NO5. The van der Waals surface area contributed by atoms with Crippen LogP contribution >= 0.6 is 0 Å². The van der Waals surface area contributed by atoms with Gasteiger partial charge in [0.1, 0.15) is 0 Å². The molecule has 0 spiro atoms. The van der Waals surface area contributed by atoms with Crippen molar-refractivity contribution in [2.24, 2.45) is 0 Å². The first kappa shape index (κ1) is 13.5. The van der Waals surface area contributed by atoms with Crippen LogP contribution in [0.25, 0.3) is 0 Å². The van der Waals surface area contributed by atoms with Crippen LogP contribution in [0.5, 0.6) is 0 Å². The zero-order valence-electron chi connectivity index (χ0n) is 9.59. The summed E-state index contributed by atoms with van der Waals surface area (Å²) in [5, 5.41) is 17.0. The van der Waals surface area contributed by atoms with E-state index in [1.54, 1.807) is 0 Å². The van der Waals surface area contributed by atoms with Gasteiger partial charge in [-0.25, -0.2) is 0 Å². The van der Waals surface area contributed by atoms with Crippen LogP contribution in [0.2, 0.25) is 0 Å². The van der Waals surface area contributed by atoms with Crippen LogP contribution in [0, 0.1) is 0 Å². The standard InChI is InChI=1S/C11H17NO5/c13-10(14)2-5-17-6-4-12-3-1-9(8-12)7-11(15)16/h8H,1-7H2,(H,13,14)(H,15,16). The summed E-state index contributed by atoms with van der Waals surface area (Å²) in [6.45, 7) is 2.16. The van der Waals surface area contributed by atoms with E-state index in [9.17, 15) is 9.59 Å². The molecule has 0 radical (unpaired) electrons. The Morgan fingerprint density at radius 3 is 2.71 bits per heavy atom. The number of hydrogen-bond donors (Lipinski definition) is 2. The molecule has 6 nitrogen and oxygen atoms in total. The molecule has 1 aliphatic rings. The minimum atomic E-state index is -0.866. The van der Waals surface area contributed by atoms with Crippen LogP contribution in [0.1, 0.15) is 19.3 Å². The fraction of sp³-hybridized carbons (Fsp3) is 0.636. The van der Waals surface area contributed by atoms with Crippen molar-refractivity contribution in [3.8, 4) is 0 Å². The Balaban J connectivity index is 2.10. The van der Waals surface area contributed by atoms with Crippen LogP contribution in [0.4, 0.5) is 0 Å². The van der Waals surface area contributed by atoms with Gasteiger partial charge in [-0.1, -0.05) is 0 Å². The topological polar surface area (TPSA) is 87.1 Å². The Morgan fingerprint density at radius 2 is 2.06 bits per heavy atom. The maximum Gasteiger partial charge on any atom is 0.307 e. The number of carboxylic acid groups (broad SMARTS) is 2. The first-order chi connectivity index (χ1) is 8.08. The molecule has 0 aliphatic carbocycles. The quantitative estimate of drug-likeness (QED) is 0.605. The second kappa shape index (κ2) is 6.90. The monoisotopic (exact) mass is 243 g/mol. The zero-order chi connectivity index (χ0) is 12.7. The Morgan fingerprint density at radius 1 is 1.29 bits per heavy atom. The molecule has 1 heterocycles. The van der Waals surface area contributed by atoms with Crippen molar-refractivity contribution in [3.63, 3.8) is 0 Å². The number of carbonyl (C=O) groups is 2. The predicted molar refractivity (Wildman–Crippen MR) is 59.6 cm³/mol. The van der Waals surface area contributed by atoms with Crippen molar-refractivity contribution >= 4 is 11.9 Å². The average molecular weight is 243 g/mol. The summed E-state index contributed by atoms with van der Waals surface area (Å²) in [5.74, 6) is -1.68. The van der Waals surface area contributed by atoms with Crippen molar-refractivity contribution in [3.05, 3.63) is 11.8 Å². The van der Waals surface area contributed by atoms with Gasteiger partial charge < -0.3 is 19.8 Å². The number of aliphatic carboxylic acids is 2. The zero-order valence-corrected chi connectivity index (χ0v) is 9.59. The maximum absolute atomic E-state index is 10.5. The molecular weight excluding hydrogens is 226 g/mol. The summed E-state index contributed by atoms with van der Waals surface area (Å²) >= 11 is 0. The Labute approximate surface area is 99.5 Å². The van der Waals surface area contributed by atoms with Gasteiger partial charge in [-0.05, 0) is 18.2 Å². The first-order valence-electron chi connectivity index (χ1n) is 5.53. The molecule has 0 aromatic rings. The van der Waals surface area contributed by atoms with E-state index in [4.69, 9.17) is 14.9 Å². The van der Waals surface area contributed by atoms with Crippen LogP contribution in [0.15, 0.2) is 11.8 Å². The van der Waals surface area contributed by atoms with E-state index in [1.165, 1.54) is 0 Å². The Kier molecular flexibility index (Phi) is 5.48. The molecule has 1 aliphatic heterocycles. The molecule has 0 saturated heterocycles. The first-order valence-corrected chi connectivity index (χ1v) is 5.53. The summed E-state index contributed by atoms with van der Waals surface area (Å²) in [4.78, 5) is 22.7. The lowest BCUT2D eigenvalue weighted by Gasteiger charge is -2.14. The summed E-state index contributed by atoms with van der Waals surface area (Å²) in [7, 11) is 0. The summed E-state index contributed by atoms with van der Waals surface area (Å²) in [6.07, 6.45) is 2.74. The molecule has 0 aromatic carbocycles. The second-order valence-corrected chi connectivity index (χ2v) is 3.90. The average Bonchev–Trinajstić information content (AvgIpc) is 2.63. The number of hydrogen-bond acceptors (Lipinski definition) is 4. The molecule has 1 rings (SSSR count). The molecule has 0 fully saturated rings. The molecule has 2 N–H and O–H groups in total. The molecule has 0 amide bonds. The highest BCUT2D eigenvalue weighted by Gasteiger charge is 2.14. The summed E-state index contributed by atoms with van der Waals surface area (Å²) in [6, 6.07) is 0. The lowest BCUT2D eigenvalue weighted by Crippen LogP contribution is -2.20. The van der Waals surface area contributed by atoms with E-state index in [-0.39, 0.29) is 19.4 Å². The SMILES string of the molecule is O=C(O)CCOCCN1C=C(CC(=O)O)CC1. The van der Waals surface area contributed by atoms with E-state index < -0.39 is 11.9 Å². The molecule has 0 aromatic heterocycles. The number of ether oxygens (including phenoxy) is 1. The van der Waals surface area contributed by atoms with Gasteiger partial charge in [0.15, 0.2) is 0 Å². The Hall–Kier alpha value is -1.56. The predicted octanol–water partition coefficient (Wildman–Crippen LogP) is 0.542. The smallest absolute Gasteiger partial charge is 0.307 e. The van der Waals surface area contributed by atoms with Crippen molar-refractivity contribution in [1.82, 2.24) is 4.90 Å². The van der Waals surface area contributed by atoms with Crippen LogP contribution in [-0.2, 0) is 14.3 Å². The molecule has 0 atom stereocenters. The molecule has 96 valence electrons. The van der Waals surface area contributed by atoms with Crippen molar-refractivity contribution in [1.29, 1.82) is 0 Å². The lowest BCUT2D eigenvalue weighted by molar-refractivity contribution is -0.138. The van der Waals surface area contributed by atoms with Crippen LogP contribution in [-0.4, -0.2) is 53.4 Å². The molecule has 0 unspecified atom stereocenters. The van der Waals surface area contributed by atoms with E-state index in [0.29, 0.717) is 13.2 Å². The summed E-state index contributed by atoms with van der Waals surface area (Å²) < 4.78 is 5.15. The highest BCUT2D eigenvalue weighted by atomic mass is 16.5. The van der Waals surface area contributed by atoms with E-state index in [1.807, 2.05) is 11.1 Å². The minimum absolute atomic E-state index is 0.0140. The van der Waals surface area contributed by atoms with Gasteiger partial charge >= 0.3 is 11.9 Å². The fourth-order valence-corrected chi connectivity index (χ4v) is 1.62. The maximum atomic E-state index is 10.5. The molecule has 0 saturated carbocycles. The molecule has 6 heteroatoms. The van der Waals surface area contributed by atoms with Crippen molar-refractivity contribution in [2.75, 3.05) is 26.3 Å². The van der Waals surface area contributed by atoms with Gasteiger partial charge in [-0.2, -0.15) is 0 Å². The highest BCUT2D eigenvalue weighted by Crippen LogP contribution is 2.16. The second-order valence-electron chi connectivity index (χ2n) is 3.90. The molecule has 0 bridgehead atoms. The lowest BCUT2D eigenvalue weighted by atomic mass is 10.2. The third-order valence-electron chi connectivity index (χ3n) is 2.45. The third kappa shape index (κ3) is 5.91. The molecule has 17 heavy (non-hydrogen) atoms. The normalized spacial score (nSPS) is 14.8. The van der Waals surface area contributed by atoms with Gasteiger partial charge in [0.05, 0.1) is 26.1 Å². The number of rotatable bonds is 8. The van der Waals surface area contributed by atoms with Crippen molar-refractivity contribution < 1.29 is 24.5 Å². The summed E-state index contributed by atoms with van der Waals surface area (Å²) in [5.41, 5.74) is 0.919. The van der Waals surface area contributed by atoms with Crippen LogP contribution < -0.4 is 0 Å². The largest absolute Gasteiger partial charge is 0.481 e.